The van der Waals surface area contributed by atoms with E-state index >= 15 is 0 Å². The Morgan fingerprint density at radius 1 is 1.06 bits per heavy atom. The molecule has 3 nitrogen and oxygen atoms in total. The average Bonchev–Trinajstić information content (AvgIpc) is 2.24. The fraction of sp³-hybridized carbons (Fsp3) is 0.538. The van der Waals surface area contributed by atoms with Crippen LogP contribution in [0.4, 0.5) is 0 Å². The van der Waals surface area contributed by atoms with Crippen molar-refractivity contribution in [2.45, 2.75) is 32.9 Å². The van der Waals surface area contributed by atoms with Crippen LogP contribution in [0.3, 0.4) is 0 Å². The molecule has 1 aromatic rings. The Kier molecular flexibility index (Phi) is 4.77. The van der Waals surface area contributed by atoms with Gasteiger partial charge in [-0.25, -0.2) is 0 Å². The quantitative estimate of drug-likeness (QED) is 0.779. The van der Waals surface area contributed by atoms with E-state index in [1.165, 1.54) is 0 Å². The lowest BCUT2D eigenvalue weighted by atomic mass is 10.2. The Morgan fingerprint density at radius 2 is 1.69 bits per heavy atom. The molecule has 0 amide bonds. The van der Waals surface area contributed by atoms with E-state index in [9.17, 15) is 0 Å². The van der Waals surface area contributed by atoms with Gasteiger partial charge in [-0.05, 0) is 38.5 Å². The maximum absolute atomic E-state index is 5.55. The summed E-state index contributed by atoms with van der Waals surface area (Å²) in [4.78, 5) is 0. The van der Waals surface area contributed by atoms with Crippen LogP contribution < -0.4 is 10.5 Å². The van der Waals surface area contributed by atoms with Crippen LogP contribution in [0, 0.1) is 0 Å². The lowest BCUT2D eigenvalue weighted by Crippen LogP contribution is -2.22. The zero-order valence-corrected chi connectivity index (χ0v) is 10.3. The predicted molar refractivity (Wildman–Crippen MR) is 65.5 cm³/mol. The number of nitrogens with two attached hydrogens (primary N) is 1. The summed E-state index contributed by atoms with van der Waals surface area (Å²) in [5.74, 6) is 0.856. The van der Waals surface area contributed by atoms with Gasteiger partial charge >= 0.3 is 0 Å². The molecular formula is C13H21NO2. The summed E-state index contributed by atoms with van der Waals surface area (Å²) < 4.78 is 11.1. The Hall–Kier alpha value is -1.06. The van der Waals surface area contributed by atoms with Gasteiger partial charge in [-0.1, -0.05) is 12.1 Å². The summed E-state index contributed by atoms with van der Waals surface area (Å²) in [6.07, 6.45) is 0. The zero-order valence-electron chi connectivity index (χ0n) is 10.3. The number of hydrogen-bond donors (Lipinski definition) is 1. The molecule has 0 saturated carbocycles. The van der Waals surface area contributed by atoms with Crippen molar-refractivity contribution in [2.24, 2.45) is 5.73 Å². The van der Waals surface area contributed by atoms with E-state index in [2.05, 4.69) is 0 Å². The molecule has 0 bridgehead atoms. The summed E-state index contributed by atoms with van der Waals surface area (Å²) in [5.41, 5.74) is 6.51. The second-order valence-corrected chi connectivity index (χ2v) is 4.66. The third-order valence-corrected chi connectivity index (χ3v) is 2.05. The van der Waals surface area contributed by atoms with Gasteiger partial charge in [0.1, 0.15) is 12.4 Å². The molecule has 90 valence electrons. The van der Waals surface area contributed by atoms with Crippen molar-refractivity contribution in [2.75, 3.05) is 13.2 Å². The van der Waals surface area contributed by atoms with Gasteiger partial charge in [-0.15, -0.1) is 0 Å². The highest BCUT2D eigenvalue weighted by Gasteiger charge is 2.09. The van der Waals surface area contributed by atoms with Crippen LogP contribution in [-0.2, 0) is 11.3 Å². The zero-order chi connectivity index (χ0) is 12.0. The number of benzene rings is 1. The van der Waals surface area contributed by atoms with Gasteiger partial charge in [-0.2, -0.15) is 0 Å². The molecule has 0 radical (unpaired) electrons. The normalized spacial score (nSPS) is 11.5. The highest BCUT2D eigenvalue weighted by molar-refractivity contribution is 5.26. The molecule has 1 rings (SSSR count). The lowest BCUT2D eigenvalue weighted by molar-refractivity contribution is -0.0163. The summed E-state index contributed by atoms with van der Waals surface area (Å²) in [5, 5.41) is 0. The largest absolute Gasteiger partial charge is 0.491 e. The van der Waals surface area contributed by atoms with Crippen molar-refractivity contribution >= 4 is 0 Å². The number of hydrogen-bond acceptors (Lipinski definition) is 3. The van der Waals surface area contributed by atoms with E-state index in [0.717, 1.165) is 11.3 Å². The van der Waals surface area contributed by atoms with E-state index in [-0.39, 0.29) is 5.60 Å². The van der Waals surface area contributed by atoms with Crippen molar-refractivity contribution in [1.29, 1.82) is 0 Å². The van der Waals surface area contributed by atoms with Crippen LogP contribution in [0.25, 0.3) is 0 Å². The van der Waals surface area contributed by atoms with Crippen LogP contribution in [0.15, 0.2) is 24.3 Å². The second kappa shape index (κ2) is 5.87. The summed E-state index contributed by atoms with van der Waals surface area (Å²) in [6.45, 7) is 7.82. The van der Waals surface area contributed by atoms with E-state index in [1.54, 1.807) is 0 Å². The first kappa shape index (κ1) is 13.0. The minimum atomic E-state index is -0.104. The van der Waals surface area contributed by atoms with E-state index < -0.39 is 0 Å². The summed E-state index contributed by atoms with van der Waals surface area (Å²) >= 11 is 0. The highest BCUT2D eigenvalue weighted by atomic mass is 16.5. The van der Waals surface area contributed by atoms with Crippen LogP contribution in [-0.4, -0.2) is 18.8 Å². The maximum Gasteiger partial charge on any atom is 0.119 e. The molecule has 0 aliphatic carbocycles. The number of rotatable bonds is 5. The first-order valence-corrected chi connectivity index (χ1v) is 5.57. The molecule has 0 aromatic heterocycles. The molecule has 0 saturated heterocycles. The summed E-state index contributed by atoms with van der Waals surface area (Å²) in [7, 11) is 0. The monoisotopic (exact) mass is 223 g/mol. The molecule has 3 heteroatoms. The highest BCUT2D eigenvalue weighted by Crippen LogP contribution is 2.12. The molecule has 16 heavy (non-hydrogen) atoms. The van der Waals surface area contributed by atoms with Gasteiger partial charge in [0, 0.05) is 6.54 Å². The molecule has 0 fully saturated rings. The van der Waals surface area contributed by atoms with Crippen LogP contribution in [0.2, 0.25) is 0 Å². The van der Waals surface area contributed by atoms with E-state index in [4.69, 9.17) is 15.2 Å². The standard InChI is InChI=1S/C13H21NO2/c1-13(2,3)16-9-8-15-12-6-4-11(10-14)5-7-12/h4-7H,8-10,14H2,1-3H3. The van der Waals surface area contributed by atoms with Gasteiger partial charge < -0.3 is 15.2 Å². The van der Waals surface area contributed by atoms with Crippen molar-refractivity contribution in [3.63, 3.8) is 0 Å². The van der Waals surface area contributed by atoms with Gasteiger partial charge in [0.25, 0.3) is 0 Å². The van der Waals surface area contributed by atoms with Crippen molar-refractivity contribution in [3.05, 3.63) is 29.8 Å². The Labute approximate surface area is 97.6 Å². The first-order valence-electron chi connectivity index (χ1n) is 5.57. The molecular weight excluding hydrogens is 202 g/mol. The third-order valence-electron chi connectivity index (χ3n) is 2.05. The van der Waals surface area contributed by atoms with Gasteiger partial charge in [0.2, 0.25) is 0 Å². The predicted octanol–water partition coefficient (Wildman–Crippen LogP) is 2.34. The first-order chi connectivity index (χ1) is 7.51. The Bertz CT molecular complexity index is 301. The molecule has 0 aliphatic heterocycles. The minimum absolute atomic E-state index is 0.104. The smallest absolute Gasteiger partial charge is 0.119 e. The SMILES string of the molecule is CC(C)(C)OCCOc1ccc(CN)cc1. The molecule has 0 unspecified atom stereocenters. The summed E-state index contributed by atoms with van der Waals surface area (Å²) in [6, 6.07) is 7.80. The molecule has 0 aliphatic rings. The fourth-order valence-corrected chi connectivity index (χ4v) is 1.23. The topological polar surface area (TPSA) is 44.5 Å². The van der Waals surface area contributed by atoms with Crippen molar-refractivity contribution in [1.82, 2.24) is 0 Å². The third kappa shape index (κ3) is 5.14. The molecule has 0 heterocycles. The second-order valence-electron chi connectivity index (χ2n) is 4.66. The molecule has 0 spiro atoms. The Balaban J connectivity index is 2.27. The lowest BCUT2D eigenvalue weighted by Gasteiger charge is -2.19. The van der Waals surface area contributed by atoms with Crippen molar-refractivity contribution in [3.8, 4) is 5.75 Å². The van der Waals surface area contributed by atoms with E-state index in [0.29, 0.717) is 19.8 Å². The van der Waals surface area contributed by atoms with Gasteiger partial charge in [0.15, 0.2) is 0 Å². The molecule has 1 aromatic carbocycles. The maximum atomic E-state index is 5.55. The minimum Gasteiger partial charge on any atom is -0.491 e. The van der Waals surface area contributed by atoms with E-state index in [1.807, 2.05) is 45.0 Å². The molecule has 2 N–H and O–H groups in total. The fourth-order valence-electron chi connectivity index (χ4n) is 1.23. The number of ether oxygens (including phenoxy) is 2. The van der Waals surface area contributed by atoms with Gasteiger partial charge in [-0.3, -0.25) is 0 Å². The Morgan fingerprint density at radius 3 is 2.19 bits per heavy atom. The van der Waals surface area contributed by atoms with Crippen molar-refractivity contribution < 1.29 is 9.47 Å². The van der Waals surface area contributed by atoms with Crippen LogP contribution in [0.5, 0.6) is 5.75 Å². The van der Waals surface area contributed by atoms with Gasteiger partial charge in [0.05, 0.1) is 12.2 Å². The van der Waals surface area contributed by atoms with Crippen LogP contribution >= 0.6 is 0 Å². The average molecular weight is 223 g/mol. The van der Waals surface area contributed by atoms with Crippen LogP contribution in [0.1, 0.15) is 26.3 Å². The molecule has 0 atom stereocenters.